The molecule has 0 saturated heterocycles. The molecule has 0 fully saturated rings. The van der Waals surface area contributed by atoms with Crippen LogP contribution in [0.1, 0.15) is 18.2 Å². The smallest absolute Gasteiger partial charge is 0.151 e. The van der Waals surface area contributed by atoms with Gasteiger partial charge in [0.05, 0.1) is 18.1 Å². The number of rotatable bonds is 2. The van der Waals surface area contributed by atoms with Gasteiger partial charge >= 0.3 is 0 Å². The van der Waals surface area contributed by atoms with Crippen molar-refractivity contribution in [1.29, 1.82) is 0 Å². The van der Waals surface area contributed by atoms with Crippen LogP contribution in [0.15, 0.2) is 36.7 Å². The Labute approximate surface area is 113 Å². The second-order valence-corrected chi connectivity index (χ2v) is 5.12. The van der Waals surface area contributed by atoms with Gasteiger partial charge < -0.3 is 10.6 Å². The second kappa shape index (κ2) is 4.97. The van der Waals surface area contributed by atoms with Crippen molar-refractivity contribution in [2.24, 2.45) is 11.7 Å². The topological polar surface area (TPSA) is 55.0 Å². The number of nitrogens with two attached hydrogens (primary N) is 1. The van der Waals surface area contributed by atoms with Crippen LogP contribution in [0.4, 0.5) is 11.5 Å². The summed E-state index contributed by atoms with van der Waals surface area (Å²) in [5.41, 5.74) is 9.01. The maximum Gasteiger partial charge on any atom is 0.151 e. The first kappa shape index (κ1) is 12.1. The minimum absolute atomic E-state index is 0.431. The molecule has 0 spiro atoms. The van der Waals surface area contributed by atoms with Crippen molar-refractivity contribution >= 4 is 11.5 Å². The van der Waals surface area contributed by atoms with Crippen molar-refractivity contribution in [2.75, 3.05) is 11.4 Å². The highest BCUT2D eigenvalue weighted by atomic mass is 15.2. The lowest BCUT2D eigenvalue weighted by Crippen LogP contribution is -2.31. The van der Waals surface area contributed by atoms with Gasteiger partial charge in [-0.25, -0.2) is 4.98 Å². The molecule has 0 aliphatic carbocycles. The highest BCUT2D eigenvalue weighted by Crippen LogP contribution is 2.33. The summed E-state index contributed by atoms with van der Waals surface area (Å²) in [6.45, 7) is 3.68. The number of para-hydroxylation sites is 1. The van der Waals surface area contributed by atoms with Gasteiger partial charge in [-0.1, -0.05) is 25.1 Å². The standard InChI is InChI=1S/C15H18N4/c1-11-6-12-4-2-3-5-14(12)19(10-11)15-9-17-13(7-16)8-18-15/h2-5,8-9,11H,6-7,10,16H2,1H3. The fraction of sp³-hybridized carbons (Fsp3) is 0.333. The average molecular weight is 254 g/mol. The molecule has 1 aliphatic heterocycles. The van der Waals surface area contributed by atoms with Crippen LogP contribution in [0.5, 0.6) is 0 Å². The quantitative estimate of drug-likeness (QED) is 0.893. The fourth-order valence-corrected chi connectivity index (χ4v) is 2.61. The second-order valence-electron chi connectivity index (χ2n) is 5.12. The molecular weight excluding hydrogens is 236 g/mol. The Bertz CT molecular complexity index is 565. The van der Waals surface area contributed by atoms with Gasteiger partial charge in [-0.05, 0) is 24.0 Å². The van der Waals surface area contributed by atoms with Crippen molar-refractivity contribution in [2.45, 2.75) is 19.9 Å². The Hall–Kier alpha value is -1.94. The Morgan fingerprint density at radius 3 is 2.84 bits per heavy atom. The highest BCUT2D eigenvalue weighted by Gasteiger charge is 2.23. The fourth-order valence-electron chi connectivity index (χ4n) is 2.61. The predicted molar refractivity (Wildman–Crippen MR) is 76.2 cm³/mol. The van der Waals surface area contributed by atoms with Crippen molar-refractivity contribution in [3.63, 3.8) is 0 Å². The SMILES string of the molecule is CC1Cc2ccccc2N(c2cnc(CN)cn2)C1. The molecule has 0 amide bonds. The molecule has 0 saturated carbocycles. The first-order valence-corrected chi connectivity index (χ1v) is 6.64. The summed E-state index contributed by atoms with van der Waals surface area (Å²) < 4.78 is 0. The van der Waals surface area contributed by atoms with E-state index >= 15 is 0 Å². The molecule has 1 unspecified atom stereocenters. The van der Waals surface area contributed by atoms with E-state index in [1.165, 1.54) is 11.3 Å². The highest BCUT2D eigenvalue weighted by molar-refractivity contribution is 5.65. The van der Waals surface area contributed by atoms with Gasteiger partial charge in [0, 0.05) is 18.8 Å². The summed E-state index contributed by atoms with van der Waals surface area (Å²) in [4.78, 5) is 11.1. The third-order valence-corrected chi connectivity index (χ3v) is 3.52. The molecule has 1 aromatic heterocycles. The summed E-state index contributed by atoms with van der Waals surface area (Å²) in [5, 5.41) is 0. The summed E-state index contributed by atoms with van der Waals surface area (Å²) in [7, 11) is 0. The van der Waals surface area contributed by atoms with Gasteiger partial charge in [-0.2, -0.15) is 0 Å². The summed E-state index contributed by atoms with van der Waals surface area (Å²) in [6.07, 6.45) is 4.70. The van der Waals surface area contributed by atoms with Crippen molar-refractivity contribution in [3.8, 4) is 0 Å². The normalized spacial score (nSPS) is 18.2. The molecule has 4 heteroatoms. The Morgan fingerprint density at radius 1 is 1.26 bits per heavy atom. The molecule has 19 heavy (non-hydrogen) atoms. The van der Waals surface area contributed by atoms with Crippen molar-refractivity contribution < 1.29 is 0 Å². The van der Waals surface area contributed by atoms with E-state index in [-0.39, 0.29) is 0 Å². The molecule has 3 rings (SSSR count). The predicted octanol–water partition coefficient (Wildman–Crippen LogP) is 2.27. The lowest BCUT2D eigenvalue weighted by molar-refractivity contribution is 0.559. The Kier molecular flexibility index (Phi) is 3.17. The summed E-state index contributed by atoms with van der Waals surface area (Å²) in [6, 6.07) is 8.52. The minimum atomic E-state index is 0.431. The van der Waals surface area contributed by atoms with Crippen LogP contribution in [0.3, 0.4) is 0 Å². The van der Waals surface area contributed by atoms with E-state index in [0.29, 0.717) is 12.5 Å². The van der Waals surface area contributed by atoms with Crippen LogP contribution in [0.25, 0.3) is 0 Å². The monoisotopic (exact) mass is 254 g/mol. The maximum atomic E-state index is 5.56. The molecule has 98 valence electrons. The molecule has 4 nitrogen and oxygen atoms in total. The minimum Gasteiger partial charge on any atom is -0.325 e. The van der Waals surface area contributed by atoms with E-state index in [9.17, 15) is 0 Å². The lowest BCUT2D eigenvalue weighted by atomic mass is 9.94. The third kappa shape index (κ3) is 2.31. The molecule has 2 heterocycles. The number of aromatic nitrogens is 2. The van der Waals surface area contributed by atoms with Gasteiger partial charge in [-0.15, -0.1) is 0 Å². The molecule has 0 radical (unpaired) electrons. The number of hydrogen-bond acceptors (Lipinski definition) is 4. The van der Waals surface area contributed by atoms with E-state index in [4.69, 9.17) is 5.73 Å². The molecule has 2 aromatic rings. The zero-order chi connectivity index (χ0) is 13.2. The van der Waals surface area contributed by atoms with Crippen LogP contribution in [0.2, 0.25) is 0 Å². The molecule has 1 atom stereocenters. The van der Waals surface area contributed by atoms with E-state index < -0.39 is 0 Å². The average Bonchev–Trinajstić information content (AvgIpc) is 2.46. The zero-order valence-corrected chi connectivity index (χ0v) is 11.1. The van der Waals surface area contributed by atoms with E-state index in [1.807, 2.05) is 6.20 Å². The molecule has 0 bridgehead atoms. The van der Waals surface area contributed by atoms with Crippen LogP contribution < -0.4 is 10.6 Å². The largest absolute Gasteiger partial charge is 0.325 e. The lowest BCUT2D eigenvalue weighted by Gasteiger charge is -2.33. The van der Waals surface area contributed by atoms with Crippen LogP contribution >= 0.6 is 0 Å². The maximum absolute atomic E-state index is 5.56. The number of benzene rings is 1. The van der Waals surface area contributed by atoms with Crippen molar-refractivity contribution in [1.82, 2.24) is 9.97 Å². The van der Waals surface area contributed by atoms with Gasteiger partial charge in [-0.3, -0.25) is 4.98 Å². The first-order chi connectivity index (χ1) is 9.28. The number of nitrogens with zero attached hydrogens (tertiary/aromatic N) is 3. The molecule has 2 N–H and O–H groups in total. The summed E-state index contributed by atoms with van der Waals surface area (Å²) >= 11 is 0. The number of hydrogen-bond donors (Lipinski definition) is 1. The van der Waals surface area contributed by atoms with Gasteiger partial charge in [0.15, 0.2) is 5.82 Å². The first-order valence-electron chi connectivity index (χ1n) is 6.64. The number of anilines is 2. The van der Waals surface area contributed by atoms with Crippen LogP contribution in [-0.2, 0) is 13.0 Å². The molecular formula is C15H18N4. The Balaban J connectivity index is 1.99. The molecule has 1 aromatic carbocycles. The van der Waals surface area contributed by atoms with E-state index in [0.717, 1.165) is 24.5 Å². The van der Waals surface area contributed by atoms with Gasteiger partial charge in [0.1, 0.15) is 0 Å². The molecule has 1 aliphatic rings. The Morgan fingerprint density at radius 2 is 2.11 bits per heavy atom. The summed E-state index contributed by atoms with van der Waals surface area (Å²) in [5.74, 6) is 1.52. The number of fused-ring (bicyclic) bond motifs is 1. The third-order valence-electron chi connectivity index (χ3n) is 3.52. The van der Waals surface area contributed by atoms with Gasteiger partial charge in [0.25, 0.3) is 0 Å². The van der Waals surface area contributed by atoms with Crippen LogP contribution in [0, 0.1) is 5.92 Å². The van der Waals surface area contributed by atoms with Crippen molar-refractivity contribution in [3.05, 3.63) is 47.9 Å². The van der Waals surface area contributed by atoms with Gasteiger partial charge in [0.2, 0.25) is 0 Å². The zero-order valence-electron chi connectivity index (χ0n) is 11.1. The van der Waals surface area contributed by atoms with Crippen LogP contribution in [-0.4, -0.2) is 16.5 Å². The van der Waals surface area contributed by atoms with E-state index in [2.05, 4.69) is 46.1 Å². The van der Waals surface area contributed by atoms with E-state index in [1.54, 1.807) is 6.20 Å².